The van der Waals surface area contributed by atoms with Crippen LogP contribution in [0.4, 0.5) is 4.79 Å². The van der Waals surface area contributed by atoms with E-state index in [0.717, 1.165) is 77.2 Å². The Labute approximate surface area is 221 Å². The van der Waals surface area contributed by atoms with Crippen molar-refractivity contribution in [1.29, 1.82) is 0 Å². The Balaban J connectivity index is 1.29. The smallest absolute Gasteiger partial charge is 0.407 e. The SMILES string of the molecule is CNC(=O)OC1CCN(Cc2ccc(-c3nc4c(cnc5cc(C)nn54)cc3-c3ccccc3)cc2)CC1. The number of ether oxygens (including phenoxy) is 1. The summed E-state index contributed by atoms with van der Waals surface area (Å²) >= 11 is 0. The third-order valence-electron chi connectivity index (χ3n) is 7.11. The lowest BCUT2D eigenvalue weighted by Gasteiger charge is -2.31. The molecule has 1 aliphatic rings. The summed E-state index contributed by atoms with van der Waals surface area (Å²) < 4.78 is 7.24. The number of aromatic nitrogens is 4. The quantitative estimate of drug-likeness (QED) is 0.351. The summed E-state index contributed by atoms with van der Waals surface area (Å²) in [6.07, 6.45) is 3.22. The maximum Gasteiger partial charge on any atom is 0.407 e. The number of nitrogens with one attached hydrogen (secondary N) is 1. The maximum absolute atomic E-state index is 11.5. The van der Waals surface area contributed by atoms with Crippen molar-refractivity contribution in [1.82, 2.24) is 29.8 Å². The minimum absolute atomic E-state index is 0.01000. The highest BCUT2D eigenvalue weighted by Crippen LogP contribution is 2.33. The van der Waals surface area contributed by atoms with Crippen LogP contribution in [-0.4, -0.2) is 56.8 Å². The van der Waals surface area contributed by atoms with Crippen molar-refractivity contribution in [2.24, 2.45) is 0 Å². The highest BCUT2D eigenvalue weighted by atomic mass is 16.6. The summed E-state index contributed by atoms with van der Waals surface area (Å²) in [4.78, 5) is 23.6. The number of fused-ring (bicyclic) bond motifs is 3. The van der Waals surface area contributed by atoms with Crippen molar-refractivity contribution in [3.05, 3.63) is 84.2 Å². The van der Waals surface area contributed by atoms with Gasteiger partial charge in [0.1, 0.15) is 6.10 Å². The molecular formula is C30H30N6O2. The molecule has 0 radical (unpaired) electrons. The number of aryl methyl sites for hydroxylation is 1. The highest BCUT2D eigenvalue weighted by molar-refractivity contribution is 5.90. The molecule has 5 aromatic rings. The highest BCUT2D eigenvalue weighted by Gasteiger charge is 2.22. The number of hydrogen-bond donors (Lipinski definition) is 1. The number of rotatable bonds is 5. The number of benzene rings is 2. The zero-order valence-corrected chi connectivity index (χ0v) is 21.6. The molecule has 0 bridgehead atoms. The van der Waals surface area contributed by atoms with E-state index < -0.39 is 0 Å². The van der Waals surface area contributed by atoms with Gasteiger partial charge in [-0.3, -0.25) is 4.90 Å². The number of hydrogen-bond acceptors (Lipinski definition) is 6. The lowest BCUT2D eigenvalue weighted by atomic mass is 9.97. The molecular weight excluding hydrogens is 476 g/mol. The molecule has 1 N–H and O–H groups in total. The van der Waals surface area contributed by atoms with Crippen molar-refractivity contribution >= 4 is 22.8 Å². The first-order chi connectivity index (χ1) is 18.6. The van der Waals surface area contributed by atoms with Gasteiger partial charge in [0.25, 0.3) is 0 Å². The Morgan fingerprint density at radius 2 is 1.79 bits per heavy atom. The van der Waals surface area contributed by atoms with Gasteiger partial charge in [-0.05, 0) is 37.0 Å². The lowest BCUT2D eigenvalue weighted by Crippen LogP contribution is -2.38. The van der Waals surface area contributed by atoms with E-state index >= 15 is 0 Å². The fraction of sp³-hybridized carbons (Fsp3) is 0.267. The monoisotopic (exact) mass is 506 g/mol. The summed E-state index contributed by atoms with van der Waals surface area (Å²) in [5.41, 5.74) is 7.90. The van der Waals surface area contributed by atoms with E-state index in [1.165, 1.54) is 5.56 Å². The van der Waals surface area contributed by atoms with Crippen LogP contribution >= 0.6 is 0 Å². The summed E-state index contributed by atoms with van der Waals surface area (Å²) in [5.74, 6) is 0. The molecule has 0 unspecified atom stereocenters. The Bertz CT molecular complexity index is 1590. The molecule has 1 fully saturated rings. The molecule has 6 rings (SSSR count). The van der Waals surface area contributed by atoms with Gasteiger partial charge in [0.05, 0.1) is 11.4 Å². The average molecular weight is 507 g/mol. The van der Waals surface area contributed by atoms with Gasteiger partial charge in [-0.15, -0.1) is 0 Å². The minimum Gasteiger partial charge on any atom is -0.446 e. The summed E-state index contributed by atoms with van der Waals surface area (Å²) in [6.45, 7) is 4.64. The standard InChI is InChI=1S/C30H30N6O2/c1-20-16-27-32-18-24-17-26(22-6-4-3-5-7-22)28(33-29(24)36(27)34-20)23-10-8-21(9-11-23)19-35-14-12-25(13-15-35)38-30(37)31-2/h3-11,16-18,25H,12-15,19H2,1-2H3,(H,31,37). The molecule has 1 aliphatic heterocycles. The average Bonchev–Trinajstić information content (AvgIpc) is 3.35. The second-order valence-corrected chi connectivity index (χ2v) is 9.81. The van der Waals surface area contributed by atoms with Crippen molar-refractivity contribution in [3.63, 3.8) is 0 Å². The van der Waals surface area contributed by atoms with E-state index in [1.54, 1.807) is 7.05 Å². The third kappa shape index (κ3) is 4.82. The molecule has 8 nitrogen and oxygen atoms in total. The Hall–Kier alpha value is -4.30. The third-order valence-corrected chi connectivity index (χ3v) is 7.11. The van der Waals surface area contributed by atoms with Crippen LogP contribution in [0.3, 0.4) is 0 Å². The van der Waals surface area contributed by atoms with Gasteiger partial charge in [-0.25, -0.2) is 14.8 Å². The van der Waals surface area contributed by atoms with Gasteiger partial charge in [0, 0.05) is 55.5 Å². The molecule has 8 heteroatoms. The van der Waals surface area contributed by atoms with Crippen LogP contribution < -0.4 is 5.32 Å². The zero-order chi connectivity index (χ0) is 26.1. The van der Waals surface area contributed by atoms with E-state index in [1.807, 2.05) is 41.9 Å². The van der Waals surface area contributed by atoms with Crippen LogP contribution in [0.5, 0.6) is 0 Å². The van der Waals surface area contributed by atoms with Gasteiger partial charge >= 0.3 is 6.09 Å². The van der Waals surface area contributed by atoms with E-state index in [2.05, 4.69) is 62.8 Å². The number of nitrogens with zero attached hydrogens (tertiary/aromatic N) is 5. The molecule has 1 saturated heterocycles. The number of piperidine rings is 1. The number of carbonyl (C=O) groups excluding carboxylic acids is 1. The van der Waals surface area contributed by atoms with Crippen LogP contribution in [0.1, 0.15) is 24.1 Å². The minimum atomic E-state index is -0.351. The van der Waals surface area contributed by atoms with E-state index in [9.17, 15) is 4.79 Å². The predicted octanol–water partition coefficient (Wildman–Crippen LogP) is 5.24. The van der Waals surface area contributed by atoms with Crippen LogP contribution in [0, 0.1) is 6.92 Å². The molecule has 38 heavy (non-hydrogen) atoms. The fourth-order valence-corrected chi connectivity index (χ4v) is 5.13. The molecule has 0 aliphatic carbocycles. The van der Waals surface area contributed by atoms with E-state index in [-0.39, 0.29) is 12.2 Å². The molecule has 192 valence electrons. The summed E-state index contributed by atoms with van der Waals surface area (Å²) in [5, 5.41) is 8.11. The van der Waals surface area contributed by atoms with E-state index in [4.69, 9.17) is 9.72 Å². The lowest BCUT2D eigenvalue weighted by molar-refractivity contribution is 0.0498. The van der Waals surface area contributed by atoms with Gasteiger partial charge < -0.3 is 10.1 Å². The number of pyridine rings is 1. The van der Waals surface area contributed by atoms with Crippen LogP contribution in [0.2, 0.25) is 0 Å². The second kappa shape index (κ2) is 10.2. The molecule has 3 aromatic heterocycles. The van der Waals surface area contributed by atoms with Crippen LogP contribution in [0.25, 0.3) is 39.1 Å². The topological polar surface area (TPSA) is 84.6 Å². The van der Waals surface area contributed by atoms with Crippen LogP contribution in [-0.2, 0) is 11.3 Å². The fourth-order valence-electron chi connectivity index (χ4n) is 5.13. The van der Waals surface area contributed by atoms with Gasteiger partial charge in [0.2, 0.25) is 0 Å². The van der Waals surface area contributed by atoms with Crippen molar-refractivity contribution < 1.29 is 9.53 Å². The van der Waals surface area contributed by atoms with Gasteiger partial charge in [-0.1, -0.05) is 54.6 Å². The number of amides is 1. The van der Waals surface area contributed by atoms with E-state index in [0.29, 0.717) is 0 Å². The first kappa shape index (κ1) is 24.1. The van der Waals surface area contributed by atoms with Gasteiger partial charge in [-0.2, -0.15) is 9.61 Å². The summed E-state index contributed by atoms with van der Waals surface area (Å²) in [7, 11) is 1.59. The molecule has 4 heterocycles. The molecule has 0 atom stereocenters. The Morgan fingerprint density at radius 3 is 2.53 bits per heavy atom. The molecule has 0 spiro atoms. The van der Waals surface area contributed by atoms with Crippen molar-refractivity contribution in [2.45, 2.75) is 32.4 Å². The molecule has 1 amide bonds. The predicted molar refractivity (Wildman–Crippen MR) is 148 cm³/mol. The normalized spacial score (nSPS) is 14.7. The maximum atomic E-state index is 11.5. The second-order valence-electron chi connectivity index (χ2n) is 9.81. The first-order valence-corrected chi connectivity index (χ1v) is 13.0. The summed E-state index contributed by atoms with van der Waals surface area (Å²) in [6, 6.07) is 23.2. The number of likely N-dealkylation sites (tertiary alicyclic amines) is 1. The van der Waals surface area contributed by atoms with Gasteiger partial charge in [0.15, 0.2) is 11.3 Å². The Morgan fingerprint density at radius 1 is 1.03 bits per heavy atom. The molecule has 0 saturated carbocycles. The van der Waals surface area contributed by atoms with Crippen LogP contribution in [0.15, 0.2) is 72.9 Å². The largest absolute Gasteiger partial charge is 0.446 e. The number of carbonyl (C=O) groups is 1. The first-order valence-electron chi connectivity index (χ1n) is 13.0. The van der Waals surface area contributed by atoms with Crippen molar-refractivity contribution in [3.8, 4) is 22.4 Å². The Kier molecular flexibility index (Phi) is 6.47. The molecule has 2 aromatic carbocycles. The van der Waals surface area contributed by atoms with Crippen molar-refractivity contribution in [2.75, 3.05) is 20.1 Å². The zero-order valence-electron chi connectivity index (χ0n) is 21.6. The number of alkyl carbamates (subject to hydrolysis) is 1.